The van der Waals surface area contributed by atoms with E-state index in [1.807, 2.05) is 6.92 Å². The lowest BCUT2D eigenvalue weighted by Gasteiger charge is -2.14. The summed E-state index contributed by atoms with van der Waals surface area (Å²) in [7, 11) is 1.49. The molecule has 0 saturated carbocycles. The zero-order chi connectivity index (χ0) is 17.4. The van der Waals surface area contributed by atoms with Gasteiger partial charge in [0.1, 0.15) is 13.1 Å². The van der Waals surface area contributed by atoms with E-state index in [0.29, 0.717) is 28.1 Å². The van der Waals surface area contributed by atoms with Crippen molar-refractivity contribution >= 4 is 34.1 Å². The molecule has 1 aromatic carbocycles. The maximum Gasteiger partial charge on any atom is 0.324 e. The van der Waals surface area contributed by atoms with Gasteiger partial charge in [-0.05, 0) is 40.5 Å². The lowest BCUT2D eigenvalue weighted by Crippen LogP contribution is -2.30. The van der Waals surface area contributed by atoms with Gasteiger partial charge in [-0.15, -0.1) is 0 Å². The molecule has 1 rings (SSSR count). The number of aliphatic carboxylic acids is 2. The zero-order valence-electron chi connectivity index (χ0n) is 12.7. The molecule has 0 saturated heterocycles. The lowest BCUT2D eigenvalue weighted by atomic mass is 10.2. The van der Waals surface area contributed by atoms with Crippen molar-refractivity contribution < 1.29 is 29.3 Å². The molecule has 2 N–H and O–H groups in total. The van der Waals surface area contributed by atoms with E-state index in [4.69, 9.17) is 19.7 Å². The minimum absolute atomic E-state index is 0.466. The second-order valence-electron chi connectivity index (χ2n) is 4.32. The van der Waals surface area contributed by atoms with Crippen molar-refractivity contribution in [2.24, 2.45) is 5.10 Å². The predicted octanol–water partition coefficient (Wildman–Crippen LogP) is 1.66. The summed E-state index contributed by atoms with van der Waals surface area (Å²) in [6.07, 6.45) is 1.36. The molecule has 0 aliphatic carbocycles. The van der Waals surface area contributed by atoms with Crippen molar-refractivity contribution in [1.82, 2.24) is 5.01 Å². The van der Waals surface area contributed by atoms with Crippen molar-refractivity contribution in [1.29, 1.82) is 0 Å². The van der Waals surface area contributed by atoms with Gasteiger partial charge in [0.2, 0.25) is 0 Å². The fourth-order valence-electron chi connectivity index (χ4n) is 1.70. The number of hydrogen-bond acceptors (Lipinski definition) is 6. The Morgan fingerprint density at radius 3 is 2.39 bits per heavy atom. The molecule has 0 amide bonds. The standard InChI is InChI=1S/C14H17BrN2O6/c1-3-23-14-10(15)4-9(5-11(14)22-2)6-16-17(7-12(18)19)8-13(20)21/h4-6H,3,7-8H2,1-2H3,(H,18,19)(H,20,21)/b16-6-. The van der Waals surface area contributed by atoms with Crippen LogP contribution in [0.25, 0.3) is 0 Å². The van der Waals surface area contributed by atoms with Crippen molar-refractivity contribution in [2.45, 2.75) is 6.92 Å². The molecule has 0 unspecified atom stereocenters. The third-order valence-electron chi connectivity index (χ3n) is 2.55. The highest BCUT2D eigenvalue weighted by atomic mass is 79.9. The highest BCUT2D eigenvalue weighted by Crippen LogP contribution is 2.36. The predicted molar refractivity (Wildman–Crippen MR) is 86.3 cm³/mol. The Labute approximate surface area is 141 Å². The number of nitrogens with zero attached hydrogens (tertiary/aromatic N) is 2. The van der Waals surface area contributed by atoms with Crippen LogP contribution in [0, 0.1) is 0 Å². The van der Waals surface area contributed by atoms with E-state index < -0.39 is 25.0 Å². The largest absolute Gasteiger partial charge is 0.493 e. The Morgan fingerprint density at radius 2 is 1.91 bits per heavy atom. The van der Waals surface area contributed by atoms with Crippen molar-refractivity contribution in [3.63, 3.8) is 0 Å². The summed E-state index contributed by atoms with van der Waals surface area (Å²) >= 11 is 3.36. The van der Waals surface area contributed by atoms with Gasteiger partial charge >= 0.3 is 11.9 Å². The summed E-state index contributed by atoms with van der Waals surface area (Å²) in [5.41, 5.74) is 0.595. The molecule has 0 radical (unpaired) electrons. The Bertz CT molecular complexity index is 589. The second kappa shape index (κ2) is 8.99. The van der Waals surface area contributed by atoms with Crippen LogP contribution in [0.2, 0.25) is 0 Å². The average molecular weight is 389 g/mol. The molecule has 0 atom stereocenters. The molecule has 1 aromatic rings. The molecule has 9 heteroatoms. The van der Waals surface area contributed by atoms with Gasteiger partial charge in [0.25, 0.3) is 0 Å². The third kappa shape index (κ3) is 6.15. The number of hydrogen-bond donors (Lipinski definition) is 2. The van der Waals surface area contributed by atoms with E-state index in [-0.39, 0.29) is 0 Å². The summed E-state index contributed by atoms with van der Waals surface area (Å²) in [5.74, 6) is -1.33. The van der Waals surface area contributed by atoms with Gasteiger partial charge in [-0.25, -0.2) is 0 Å². The molecule has 0 bridgehead atoms. The molecule has 0 aromatic heterocycles. The van der Waals surface area contributed by atoms with Gasteiger partial charge < -0.3 is 19.7 Å². The number of hydrazone groups is 1. The average Bonchev–Trinajstić information content (AvgIpc) is 2.46. The normalized spacial score (nSPS) is 10.6. The van der Waals surface area contributed by atoms with Crippen LogP contribution < -0.4 is 9.47 Å². The first-order chi connectivity index (χ1) is 10.9. The van der Waals surface area contributed by atoms with Crippen LogP contribution in [0.1, 0.15) is 12.5 Å². The Balaban J connectivity index is 3.02. The van der Waals surface area contributed by atoms with Gasteiger partial charge in [-0.3, -0.25) is 14.6 Å². The van der Waals surface area contributed by atoms with Gasteiger partial charge in [-0.2, -0.15) is 5.10 Å². The Morgan fingerprint density at radius 1 is 1.30 bits per heavy atom. The fraction of sp³-hybridized carbons (Fsp3) is 0.357. The quantitative estimate of drug-likeness (QED) is 0.488. The fourth-order valence-corrected chi connectivity index (χ4v) is 2.27. The van der Waals surface area contributed by atoms with Crippen molar-refractivity contribution in [3.8, 4) is 11.5 Å². The number of rotatable bonds is 9. The molecule has 0 aliphatic heterocycles. The van der Waals surface area contributed by atoms with Crippen LogP contribution in [0.5, 0.6) is 11.5 Å². The highest BCUT2D eigenvalue weighted by Gasteiger charge is 2.12. The first-order valence-corrected chi connectivity index (χ1v) is 7.39. The lowest BCUT2D eigenvalue weighted by molar-refractivity contribution is -0.141. The molecule has 0 fully saturated rings. The topological polar surface area (TPSA) is 109 Å². The monoisotopic (exact) mass is 388 g/mol. The smallest absolute Gasteiger partial charge is 0.324 e. The molecule has 126 valence electrons. The van der Waals surface area contributed by atoms with E-state index in [2.05, 4.69) is 21.0 Å². The van der Waals surface area contributed by atoms with Crippen LogP contribution in [-0.2, 0) is 9.59 Å². The summed E-state index contributed by atoms with van der Waals surface area (Å²) in [6, 6.07) is 3.36. The van der Waals surface area contributed by atoms with E-state index in [1.165, 1.54) is 13.3 Å². The summed E-state index contributed by atoms with van der Waals surface area (Å²) in [4.78, 5) is 21.4. The Hall–Kier alpha value is -2.29. The summed E-state index contributed by atoms with van der Waals surface area (Å²) < 4.78 is 11.3. The summed E-state index contributed by atoms with van der Waals surface area (Å²) in [6.45, 7) is 1.28. The maximum atomic E-state index is 10.7. The van der Waals surface area contributed by atoms with Crippen LogP contribution in [-0.4, -0.2) is 60.2 Å². The van der Waals surface area contributed by atoms with Gasteiger partial charge in [0.05, 0.1) is 24.4 Å². The first kappa shape index (κ1) is 18.8. The van der Waals surface area contributed by atoms with Crippen molar-refractivity contribution in [3.05, 3.63) is 22.2 Å². The van der Waals surface area contributed by atoms with Crippen LogP contribution in [0.4, 0.5) is 0 Å². The molecule has 0 spiro atoms. The number of carboxylic acid groups (broad SMARTS) is 2. The van der Waals surface area contributed by atoms with Crippen molar-refractivity contribution in [2.75, 3.05) is 26.8 Å². The van der Waals surface area contributed by atoms with Gasteiger partial charge in [0, 0.05) is 0 Å². The minimum Gasteiger partial charge on any atom is -0.493 e. The number of ether oxygens (including phenoxy) is 2. The van der Waals surface area contributed by atoms with E-state index >= 15 is 0 Å². The van der Waals surface area contributed by atoms with Gasteiger partial charge in [-0.1, -0.05) is 0 Å². The number of halogens is 1. The van der Waals surface area contributed by atoms with Crippen LogP contribution in [0.3, 0.4) is 0 Å². The molecular weight excluding hydrogens is 372 g/mol. The Kier molecular flexibility index (Phi) is 7.33. The maximum absolute atomic E-state index is 10.7. The number of carboxylic acids is 2. The second-order valence-corrected chi connectivity index (χ2v) is 5.18. The van der Waals surface area contributed by atoms with Crippen LogP contribution in [0.15, 0.2) is 21.7 Å². The number of benzene rings is 1. The SMILES string of the molecule is CCOc1c(Br)cc(/C=N\N(CC(=O)O)CC(=O)O)cc1OC. The molecular formula is C14H17BrN2O6. The van der Waals surface area contributed by atoms with E-state index in [9.17, 15) is 9.59 Å². The number of carbonyl (C=O) groups is 2. The van der Waals surface area contributed by atoms with E-state index in [0.717, 1.165) is 5.01 Å². The molecule has 8 nitrogen and oxygen atoms in total. The first-order valence-electron chi connectivity index (χ1n) is 6.60. The van der Waals surface area contributed by atoms with E-state index in [1.54, 1.807) is 12.1 Å². The molecule has 0 heterocycles. The highest BCUT2D eigenvalue weighted by molar-refractivity contribution is 9.10. The van der Waals surface area contributed by atoms with Gasteiger partial charge in [0.15, 0.2) is 11.5 Å². The molecule has 0 aliphatic rings. The summed E-state index contributed by atoms with van der Waals surface area (Å²) in [5, 5.41) is 22.4. The minimum atomic E-state index is -1.17. The zero-order valence-corrected chi connectivity index (χ0v) is 14.2. The molecule has 23 heavy (non-hydrogen) atoms. The van der Waals surface area contributed by atoms with Crippen LogP contribution >= 0.6 is 15.9 Å². The number of methoxy groups -OCH3 is 1. The third-order valence-corrected chi connectivity index (χ3v) is 3.14.